The number of nitrogens with two attached hydrogens (primary N) is 1. The minimum atomic E-state index is 0.192. The molecule has 2 aromatic heterocycles. The number of nitrogens with one attached hydrogen (secondary N) is 1. The molecule has 0 spiro atoms. The first kappa shape index (κ1) is 20.1. The van der Waals surface area contributed by atoms with Crippen molar-refractivity contribution in [2.24, 2.45) is 0 Å². The van der Waals surface area contributed by atoms with E-state index in [0.29, 0.717) is 23.7 Å². The number of carbonyl (C=O) groups is 1. The molecule has 6 nitrogen and oxygen atoms in total. The van der Waals surface area contributed by atoms with Gasteiger partial charge in [0.15, 0.2) is 5.15 Å². The third-order valence-corrected chi connectivity index (χ3v) is 4.29. The molecule has 0 aliphatic heterocycles. The molecule has 2 heterocycles. The summed E-state index contributed by atoms with van der Waals surface area (Å²) in [4.78, 5) is 18.3. The molecule has 0 aliphatic carbocycles. The van der Waals surface area contributed by atoms with E-state index in [4.69, 9.17) is 22.1 Å². The van der Waals surface area contributed by atoms with E-state index in [1.165, 1.54) is 6.20 Å². The van der Waals surface area contributed by atoms with Crippen LogP contribution in [0.25, 0.3) is 10.9 Å². The third kappa shape index (κ3) is 5.21. The van der Waals surface area contributed by atoms with Crippen molar-refractivity contribution in [1.82, 2.24) is 9.97 Å². The summed E-state index contributed by atoms with van der Waals surface area (Å²) in [5.74, 6) is 1.43. The van der Waals surface area contributed by atoms with E-state index in [1.54, 1.807) is 6.07 Å². The number of hydrogen-bond acceptors (Lipinski definition) is 5. The Hall–Kier alpha value is -3.64. The molecule has 0 fully saturated rings. The van der Waals surface area contributed by atoms with Gasteiger partial charge in [0.25, 0.3) is 0 Å². The molecule has 0 aliphatic rings. The zero-order valence-electron chi connectivity index (χ0n) is 15.7. The number of rotatable bonds is 4. The molecule has 3 N–H and O–H groups in total. The molecule has 4 rings (SSSR count). The molecule has 0 saturated carbocycles. The van der Waals surface area contributed by atoms with Gasteiger partial charge in [0.05, 0.1) is 11.2 Å². The number of para-hydroxylation sites is 2. The molecule has 0 saturated heterocycles. The lowest BCUT2D eigenvalue weighted by Gasteiger charge is -2.06. The number of carbonyl (C=O) groups excluding carboxylic acids is 1. The third-order valence-electron chi connectivity index (χ3n) is 4.00. The van der Waals surface area contributed by atoms with E-state index in [1.807, 2.05) is 48.5 Å². The maximum atomic E-state index is 10.0. The Bertz CT molecular complexity index is 1100. The van der Waals surface area contributed by atoms with Crippen molar-refractivity contribution in [3.63, 3.8) is 0 Å². The van der Waals surface area contributed by atoms with Crippen LogP contribution in [0.1, 0.15) is 5.56 Å². The van der Waals surface area contributed by atoms with Crippen molar-refractivity contribution in [1.29, 1.82) is 0 Å². The van der Waals surface area contributed by atoms with Crippen LogP contribution in [0.3, 0.4) is 0 Å². The molecule has 29 heavy (non-hydrogen) atoms. The van der Waals surface area contributed by atoms with Crippen LogP contribution in [0.5, 0.6) is 11.6 Å². The van der Waals surface area contributed by atoms with Gasteiger partial charge in [-0.05, 0) is 36.8 Å². The summed E-state index contributed by atoms with van der Waals surface area (Å²) < 4.78 is 5.73. The van der Waals surface area contributed by atoms with Crippen LogP contribution in [-0.4, -0.2) is 16.4 Å². The van der Waals surface area contributed by atoms with Crippen molar-refractivity contribution in [2.75, 3.05) is 11.1 Å². The first-order valence-corrected chi connectivity index (χ1v) is 9.15. The number of aromatic nitrogens is 2. The monoisotopic (exact) mass is 406 g/mol. The maximum absolute atomic E-state index is 10.0. The largest absolute Gasteiger partial charge is 0.439 e. The van der Waals surface area contributed by atoms with Crippen molar-refractivity contribution in [3.05, 3.63) is 83.6 Å². The summed E-state index contributed by atoms with van der Waals surface area (Å²) in [6.45, 7) is 2.06. The number of ether oxygens (including phenoxy) is 1. The highest BCUT2D eigenvalue weighted by Crippen LogP contribution is 2.25. The van der Waals surface area contributed by atoms with Crippen LogP contribution in [0.2, 0.25) is 5.15 Å². The molecule has 1 amide bonds. The van der Waals surface area contributed by atoms with E-state index in [0.717, 1.165) is 22.2 Å². The number of halogens is 1. The fourth-order valence-electron chi connectivity index (χ4n) is 2.60. The van der Waals surface area contributed by atoms with Gasteiger partial charge in [0.1, 0.15) is 11.4 Å². The minimum Gasteiger partial charge on any atom is -0.439 e. The molecule has 0 radical (unpaired) electrons. The van der Waals surface area contributed by atoms with Crippen LogP contribution in [0.4, 0.5) is 11.4 Å². The number of nitrogens with zero attached hydrogens (tertiary/aromatic N) is 2. The zero-order chi connectivity index (χ0) is 20.6. The number of hydrogen-bond donors (Lipinski definition) is 2. The molecule has 0 unspecified atom stereocenters. The minimum absolute atomic E-state index is 0.192. The standard InChI is InChI=1S/C16H13NO.C6H6ClN3O/c1-12-6-5-7-13-10-11-15(17-16(12)13)18-14-8-3-2-4-9-14;7-6-5(10-3-11)4(8)1-2-9-6/h2-11H,1H3;1-3H,(H2,8,9)(H,10,11). The fourth-order valence-corrected chi connectivity index (χ4v) is 2.82. The van der Waals surface area contributed by atoms with Crippen molar-refractivity contribution in [3.8, 4) is 11.6 Å². The van der Waals surface area contributed by atoms with Crippen LogP contribution in [0.15, 0.2) is 72.9 Å². The number of anilines is 2. The summed E-state index contributed by atoms with van der Waals surface area (Å²) in [6.07, 6.45) is 1.97. The van der Waals surface area contributed by atoms with Gasteiger partial charge in [-0.3, -0.25) is 4.79 Å². The lowest BCUT2D eigenvalue weighted by Crippen LogP contribution is -2.00. The first-order valence-electron chi connectivity index (χ1n) is 8.78. The normalized spacial score (nSPS) is 10.0. The van der Waals surface area contributed by atoms with Gasteiger partial charge in [-0.2, -0.15) is 0 Å². The maximum Gasteiger partial charge on any atom is 0.219 e. The van der Waals surface area contributed by atoms with Crippen molar-refractivity contribution < 1.29 is 9.53 Å². The second-order valence-electron chi connectivity index (χ2n) is 6.04. The van der Waals surface area contributed by atoms with E-state index in [2.05, 4.69) is 34.3 Å². The smallest absolute Gasteiger partial charge is 0.219 e. The second-order valence-corrected chi connectivity index (χ2v) is 6.40. The van der Waals surface area contributed by atoms with Crippen LogP contribution in [0, 0.1) is 6.92 Å². The molecule has 146 valence electrons. The summed E-state index contributed by atoms with van der Waals surface area (Å²) in [7, 11) is 0. The lowest BCUT2D eigenvalue weighted by molar-refractivity contribution is -0.105. The molecule has 7 heteroatoms. The van der Waals surface area contributed by atoms with Gasteiger partial charge in [-0.15, -0.1) is 0 Å². The Morgan fingerprint density at radius 3 is 2.55 bits per heavy atom. The Kier molecular flexibility index (Phi) is 6.60. The van der Waals surface area contributed by atoms with E-state index in [-0.39, 0.29) is 5.15 Å². The fraction of sp³-hybridized carbons (Fsp3) is 0.0455. The van der Waals surface area contributed by atoms with Gasteiger partial charge < -0.3 is 15.8 Å². The summed E-state index contributed by atoms with van der Waals surface area (Å²) >= 11 is 5.60. The van der Waals surface area contributed by atoms with E-state index in [9.17, 15) is 4.79 Å². The van der Waals surface area contributed by atoms with E-state index >= 15 is 0 Å². The van der Waals surface area contributed by atoms with Crippen LogP contribution >= 0.6 is 11.6 Å². The highest BCUT2D eigenvalue weighted by molar-refractivity contribution is 6.33. The average Bonchev–Trinajstić information content (AvgIpc) is 2.73. The zero-order valence-corrected chi connectivity index (χ0v) is 16.4. The number of benzene rings is 2. The molecule has 0 bridgehead atoms. The molecule has 4 aromatic rings. The highest BCUT2D eigenvalue weighted by Gasteiger charge is 2.03. The van der Waals surface area contributed by atoms with Crippen molar-refractivity contribution in [2.45, 2.75) is 6.92 Å². The molecular weight excluding hydrogens is 388 g/mol. The van der Waals surface area contributed by atoms with E-state index < -0.39 is 0 Å². The van der Waals surface area contributed by atoms with Crippen LogP contribution < -0.4 is 15.8 Å². The SMILES string of the molecule is Cc1cccc2ccc(Oc3ccccc3)nc12.Nc1ccnc(Cl)c1NC=O. The van der Waals surface area contributed by atoms with Gasteiger partial charge in [0.2, 0.25) is 12.3 Å². The Balaban J connectivity index is 0.000000188. The lowest BCUT2D eigenvalue weighted by atomic mass is 10.1. The van der Waals surface area contributed by atoms with Gasteiger partial charge >= 0.3 is 0 Å². The Morgan fingerprint density at radius 1 is 1.03 bits per heavy atom. The Morgan fingerprint density at radius 2 is 1.83 bits per heavy atom. The first-order chi connectivity index (χ1) is 14.1. The molecule has 0 atom stereocenters. The predicted octanol–water partition coefficient (Wildman–Crippen LogP) is 5.22. The number of amides is 1. The summed E-state index contributed by atoms with van der Waals surface area (Å²) in [6, 6.07) is 21.3. The molecular formula is C22H19ClN4O2. The Labute approximate surface area is 173 Å². The predicted molar refractivity (Wildman–Crippen MR) is 116 cm³/mol. The van der Waals surface area contributed by atoms with Gasteiger partial charge in [-0.25, -0.2) is 9.97 Å². The number of nitrogen functional groups attached to an aromatic ring is 1. The number of fused-ring (bicyclic) bond motifs is 1. The summed E-state index contributed by atoms with van der Waals surface area (Å²) in [5.41, 5.74) is 8.36. The highest BCUT2D eigenvalue weighted by atomic mass is 35.5. The number of aryl methyl sites for hydroxylation is 1. The number of pyridine rings is 2. The van der Waals surface area contributed by atoms with Crippen molar-refractivity contribution >= 4 is 40.3 Å². The summed E-state index contributed by atoms with van der Waals surface area (Å²) in [5, 5.41) is 3.67. The average molecular weight is 407 g/mol. The molecule has 2 aromatic carbocycles. The van der Waals surface area contributed by atoms with Gasteiger partial charge in [0, 0.05) is 17.6 Å². The van der Waals surface area contributed by atoms with Gasteiger partial charge in [-0.1, -0.05) is 48.0 Å². The van der Waals surface area contributed by atoms with Crippen LogP contribution in [-0.2, 0) is 4.79 Å². The second kappa shape index (κ2) is 9.52. The topological polar surface area (TPSA) is 90.1 Å². The quantitative estimate of drug-likeness (QED) is 0.358.